The molecule has 3 fully saturated rings. The molecule has 0 aromatic heterocycles. The molecular formula is C37H52ClN5O5. The van der Waals surface area contributed by atoms with Crippen molar-refractivity contribution in [3.8, 4) is 5.75 Å². The quantitative estimate of drug-likeness (QED) is 0.395. The van der Waals surface area contributed by atoms with Gasteiger partial charge in [-0.2, -0.15) is 0 Å². The predicted octanol–water partition coefficient (Wildman–Crippen LogP) is 6.11. The number of urea groups is 1. The van der Waals surface area contributed by atoms with Crippen molar-refractivity contribution in [3.05, 3.63) is 58.6 Å². The van der Waals surface area contributed by atoms with Crippen molar-refractivity contribution >= 4 is 35.3 Å². The number of para-hydroxylation sites is 1. The summed E-state index contributed by atoms with van der Waals surface area (Å²) in [5.74, 6) is 1.91. The van der Waals surface area contributed by atoms with Gasteiger partial charge in [0.15, 0.2) is 0 Å². The van der Waals surface area contributed by atoms with Crippen LogP contribution in [0.15, 0.2) is 42.5 Å². The fourth-order valence-electron chi connectivity index (χ4n) is 7.75. The highest BCUT2D eigenvalue weighted by Crippen LogP contribution is 2.33. The van der Waals surface area contributed by atoms with Crippen LogP contribution in [0.4, 0.5) is 15.3 Å². The highest BCUT2D eigenvalue weighted by Gasteiger charge is 2.33. The van der Waals surface area contributed by atoms with Crippen LogP contribution >= 0.6 is 11.6 Å². The van der Waals surface area contributed by atoms with E-state index < -0.39 is 0 Å². The van der Waals surface area contributed by atoms with E-state index in [2.05, 4.69) is 28.2 Å². The van der Waals surface area contributed by atoms with Gasteiger partial charge in [-0.25, -0.2) is 9.59 Å². The molecule has 262 valence electrons. The number of carbonyl (C=O) groups excluding carboxylic acids is 3. The Morgan fingerprint density at radius 2 is 1.54 bits per heavy atom. The molecule has 1 atom stereocenters. The Hall–Kier alpha value is -3.50. The number of rotatable bonds is 5. The van der Waals surface area contributed by atoms with Gasteiger partial charge in [-0.1, -0.05) is 42.8 Å². The summed E-state index contributed by atoms with van der Waals surface area (Å²) >= 11 is 5.98. The maximum atomic E-state index is 12.8. The molecule has 4 aliphatic rings. The minimum atomic E-state index is -0.286. The van der Waals surface area contributed by atoms with Crippen LogP contribution in [0.3, 0.4) is 0 Å². The third-order valence-corrected chi connectivity index (χ3v) is 11.0. The molecule has 0 unspecified atom stereocenters. The number of phenols is 1. The monoisotopic (exact) mass is 681 g/mol. The second kappa shape index (κ2) is 16.7. The van der Waals surface area contributed by atoms with Crippen molar-refractivity contribution in [2.75, 3.05) is 65.3 Å². The van der Waals surface area contributed by atoms with E-state index in [4.69, 9.17) is 16.3 Å². The van der Waals surface area contributed by atoms with E-state index in [1.807, 2.05) is 36.1 Å². The lowest BCUT2D eigenvalue weighted by Crippen LogP contribution is -2.50. The van der Waals surface area contributed by atoms with Crippen LogP contribution in [-0.2, 0) is 22.4 Å². The number of nitrogens with one attached hydrogen (secondary N) is 1. The van der Waals surface area contributed by atoms with Crippen LogP contribution in [-0.4, -0.2) is 109 Å². The fraction of sp³-hybridized carbons (Fsp3) is 0.595. The number of anilines is 1. The highest BCUT2D eigenvalue weighted by molar-refractivity contribution is 6.32. The molecule has 6 rings (SSSR count). The molecule has 4 amide bonds. The summed E-state index contributed by atoms with van der Waals surface area (Å²) in [6, 6.07) is 13.3. The van der Waals surface area contributed by atoms with Gasteiger partial charge in [0, 0.05) is 50.4 Å². The minimum absolute atomic E-state index is 0.0403. The number of piperidine rings is 3. The second-order valence-corrected chi connectivity index (χ2v) is 14.3. The zero-order valence-corrected chi connectivity index (χ0v) is 29.5. The Balaban J connectivity index is 0.000000190. The first-order valence-corrected chi connectivity index (χ1v) is 17.9. The van der Waals surface area contributed by atoms with E-state index in [1.54, 1.807) is 17.0 Å². The highest BCUT2D eigenvalue weighted by atomic mass is 35.5. The number of hydrogen-bond donors (Lipinski definition) is 2. The molecule has 0 bridgehead atoms. The largest absolute Gasteiger partial charge is 0.506 e. The number of halogens is 1. The Morgan fingerprint density at radius 3 is 2.19 bits per heavy atom. The number of aromatic hydroxyl groups is 1. The first kappa shape index (κ1) is 35.8. The van der Waals surface area contributed by atoms with Crippen LogP contribution in [0.2, 0.25) is 5.02 Å². The van der Waals surface area contributed by atoms with Crippen LogP contribution in [0.5, 0.6) is 5.75 Å². The molecule has 4 heterocycles. The predicted molar refractivity (Wildman–Crippen MR) is 188 cm³/mol. The summed E-state index contributed by atoms with van der Waals surface area (Å²) in [5.41, 5.74) is 3.07. The zero-order valence-electron chi connectivity index (χ0n) is 28.7. The number of ether oxygens (including phenoxy) is 1. The standard InChI is InChI=1S/C21H31ClN2O2.C16H21N3O3/c1-15(13-16-3-4-20(25)19(22)14-16)21(26)24-11-7-18(8-12-24)17-5-9-23(2)10-6-17;1-22-16(21)18-9-7-13(8-10-18)19-11-6-12-4-2-3-5-14(12)17-15(19)20/h3-4,14-15,17-18,25H,5-13H2,1-2H3;2-5,13H,6-11H2,1H3,(H,17,20)/t15-;/m1./s1. The van der Waals surface area contributed by atoms with Gasteiger partial charge in [-0.05, 0) is 113 Å². The van der Waals surface area contributed by atoms with Gasteiger partial charge in [-0.3, -0.25) is 4.79 Å². The number of methoxy groups -OCH3 is 1. The van der Waals surface area contributed by atoms with Crippen molar-refractivity contribution in [2.45, 2.75) is 64.3 Å². The zero-order chi connectivity index (χ0) is 34.2. The van der Waals surface area contributed by atoms with E-state index in [0.717, 1.165) is 68.3 Å². The Morgan fingerprint density at radius 1 is 0.917 bits per heavy atom. The molecule has 0 spiro atoms. The van der Waals surface area contributed by atoms with Crippen LogP contribution in [0.1, 0.15) is 56.6 Å². The summed E-state index contributed by atoms with van der Waals surface area (Å²) in [4.78, 5) is 44.9. The van der Waals surface area contributed by atoms with E-state index in [0.29, 0.717) is 31.1 Å². The second-order valence-electron chi connectivity index (χ2n) is 13.9. The number of benzene rings is 2. The molecule has 0 radical (unpaired) electrons. The first-order valence-electron chi connectivity index (χ1n) is 17.6. The molecule has 0 aliphatic carbocycles. The third-order valence-electron chi connectivity index (χ3n) is 10.7. The SMILES string of the molecule is COC(=O)N1CCC(N2CCc3ccccc3NC2=O)CC1.C[C@H](Cc1ccc(O)c(Cl)c1)C(=O)N1CCC(C2CCN(C)CC2)CC1. The normalized spacial score (nSPS) is 20.6. The molecule has 48 heavy (non-hydrogen) atoms. The maximum Gasteiger partial charge on any atom is 0.409 e. The lowest BCUT2D eigenvalue weighted by molar-refractivity contribution is -0.136. The smallest absolute Gasteiger partial charge is 0.409 e. The molecular weight excluding hydrogens is 630 g/mol. The average molecular weight is 682 g/mol. The molecule has 2 N–H and O–H groups in total. The minimum Gasteiger partial charge on any atom is -0.506 e. The summed E-state index contributed by atoms with van der Waals surface area (Å²) in [6.07, 6.45) is 7.74. The number of amides is 4. The first-order chi connectivity index (χ1) is 23.1. The average Bonchev–Trinajstić information content (AvgIpc) is 3.28. The number of carbonyl (C=O) groups is 3. The Kier molecular flexibility index (Phi) is 12.5. The van der Waals surface area contributed by atoms with E-state index in [9.17, 15) is 19.5 Å². The van der Waals surface area contributed by atoms with Crippen LogP contribution in [0, 0.1) is 17.8 Å². The van der Waals surface area contributed by atoms with Gasteiger partial charge in [0.2, 0.25) is 5.91 Å². The third kappa shape index (κ3) is 9.14. The van der Waals surface area contributed by atoms with Gasteiger partial charge >= 0.3 is 12.1 Å². The molecule has 10 nitrogen and oxygen atoms in total. The van der Waals surface area contributed by atoms with Crippen molar-refractivity contribution in [2.24, 2.45) is 17.8 Å². The van der Waals surface area contributed by atoms with Crippen molar-refractivity contribution < 1.29 is 24.2 Å². The van der Waals surface area contributed by atoms with E-state index in [-0.39, 0.29) is 35.7 Å². The summed E-state index contributed by atoms with van der Waals surface area (Å²) in [5, 5.41) is 12.9. The summed E-state index contributed by atoms with van der Waals surface area (Å²) in [6.45, 7) is 8.21. The summed E-state index contributed by atoms with van der Waals surface area (Å²) < 4.78 is 4.75. The van der Waals surface area contributed by atoms with Gasteiger partial charge in [-0.15, -0.1) is 0 Å². The maximum absolute atomic E-state index is 12.8. The Bertz CT molecular complexity index is 1400. The molecule has 4 aliphatic heterocycles. The number of fused-ring (bicyclic) bond motifs is 1. The van der Waals surface area contributed by atoms with Gasteiger partial charge in [0.1, 0.15) is 5.75 Å². The molecule has 0 saturated carbocycles. The topological polar surface area (TPSA) is 106 Å². The fourth-order valence-corrected chi connectivity index (χ4v) is 7.95. The number of likely N-dealkylation sites (tertiary alicyclic amines) is 3. The number of hydrogen-bond acceptors (Lipinski definition) is 6. The van der Waals surface area contributed by atoms with E-state index >= 15 is 0 Å². The lowest BCUT2D eigenvalue weighted by Gasteiger charge is -2.40. The van der Waals surface area contributed by atoms with E-state index in [1.165, 1.54) is 38.6 Å². The molecule has 2 aromatic carbocycles. The van der Waals surface area contributed by atoms with Crippen molar-refractivity contribution in [1.82, 2.24) is 19.6 Å². The number of nitrogens with zero attached hydrogens (tertiary/aromatic N) is 4. The summed E-state index contributed by atoms with van der Waals surface area (Å²) in [7, 11) is 3.61. The van der Waals surface area contributed by atoms with Crippen LogP contribution < -0.4 is 5.32 Å². The van der Waals surface area contributed by atoms with Gasteiger partial charge in [0.25, 0.3) is 0 Å². The van der Waals surface area contributed by atoms with Crippen molar-refractivity contribution in [1.29, 1.82) is 0 Å². The molecule has 3 saturated heterocycles. The molecule has 2 aromatic rings. The molecule has 11 heteroatoms. The van der Waals surface area contributed by atoms with Gasteiger partial charge < -0.3 is 34.8 Å². The van der Waals surface area contributed by atoms with Gasteiger partial charge in [0.05, 0.1) is 12.1 Å². The number of phenolic OH excluding ortho intramolecular Hbond substituents is 1. The Labute approximate surface area is 290 Å². The van der Waals surface area contributed by atoms with Crippen molar-refractivity contribution in [3.63, 3.8) is 0 Å². The van der Waals surface area contributed by atoms with Crippen LogP contribution in [0.25, 0.3) is 0 Å². The lowest BCUT2D eigenvalue weighted by atomic mass is 9.78.